The highest BCUT2D eigenvalue weighted by Gasteiger charge is 2.48. The maximum absolute atomic E-state index is 14.7. The number of carbonyl (C=O) groups excluding carboxylic acids is 5. The maximum Gasteiger partial charge on any atom is 0.338 e. The van der Waals surface area contributed by atoms with Crippen molar-refractivity contribution in [3.8, 4) is 16.9 Å². The summed E-state index contributed by atoms with van der Waals surface area (Å²) in [7, 11) is 0. The molecule has 0 saturated carbocycles. The van der Waals surface area contributed by atoms with Crippen molar-refractivity contribution in [3.05, 3.63) is 191 Å². The van der Waals surface area contributed by atoms with Gasteiger partial charge in [0, 0.05) is 40.8 Å². The van der Waals surface area contributed by atoms with Crippen LogP contribution in [0.4, 0.5) is 5.69 Å². The molecule has 0 bridgehead atoms. The van der Waals surface area contributed by atoms with Gasteiger partial charge in [0.2, 0.25) is 0 Å². The fourth-order valence-corrected chi connectivity index (χ4v) is 7.33. The van der Waals surface area contributed by atoms with Crippen LogP contribution in [-0.2, 0) is 14.3 Å². The standard InChI is InChI=1S/C50H44N2O9/c1-2-59-44(54)32-43-47(61-50(58)39-25-21-36(22-26-39)46(55)35-15-8-4-9-16-35)45(51-48(56)37-23-19-34(20-24-37)33-13-6-3-7-14-33)41-31-40(60-30-12-29-53)27-28-42(41)52(43)49(57)38-17-10-5-11-18-38/h3-11,13-28,31,43,45,47,53H,2,12,29-30,32H2,1H3,(H,51,56)/t43-,45-,47-/m0/s1. The molecular formula is C50H44N2O9. The topological polar surface area (TPSA) is 149 Å². The molecule has 6 aromatic rings. The molecule has 1 aliphatic heterocycles. The van der Waals surface area contributed by atoms with Crippen molar-refractivity contribution in [3.63, 3.8) is 0 Å². The summed E-state index contributed by atoms with van der Waals surface area (Å²) in [5.41, 5.74) is 4.13. The van der Waals surface area contributed by atoms with E-state index in [4.69, 9.17) is 14.2 Å². The summed E-state index contributed by atoms with van der Waals surface area (Å²) in [5, 5.41) is 12.5. The van der Waals surface area contributed by atoms with Crippen LogP contribution in [0, 0.1) is 0 Å². The van der Waals surface area contributed by atoms with Crippen LogP contribution in [0.3, 0.4) is 0 Å². The molecule has 61 heavy (non-hydrogen) atoms. The minimum atomic E-state index is -1.37. The third kappa shape index (κ3) is 9.75. The van der Waals surface area contributed by atoms with E-state index in [1.54, 1.807) is 91.9 Å². The predicted octanol–water partition coefficient (Wildman–Crippen LogP) is 8.02. The van der Waals surface area contributed by atoms with Crippen LogP contribution in [0.15, 0.2) is 158 Å². The third-order valence-electron chi connectivity index (χ3n) is 10.3. The summed E-state index contributed by atoms with van der Waals surface area (Å²) in [6.45, 7) is 1.80. The Bertz CT molecular complexity index is 2480. The van der Waals surface area contributed by atoms with E-state index in [1.807, 2.05) is 48.5 Å². The van der Waals surface area contributed by atoms with Gasteiger partial charge in [0.05, 0.1) is 43.0 Å². The average molecular weight is 817 g/mol. The van der Waals surface area contributed by atoms with Gasteiger partial charge in [0.15, 0.2) is 5.78 Å². The predicted molar refractivity (Wildman–Crippen MR) is 230 cm³/mol. The zero-order valence-electron chi connectivity index (χ0n) is 33.4. The summed E-state index contributed by atoms with van der Waals surface area (Å²) in [5.74, 6) is -2.34. The number of amides is 2. The molecule has 0 spiro atoms. The van der Waals surface area contributed by atoms with Crippen molar-refractivity contribution in [2.24, 2.45) is 0 Å². The van der Waals surface area contributed by atoms with E-state index >= 15 is 0 Å². The normalized spacial score (nSPS) is 15.5. The number of nitrogens with one attached hydrogen (secondary N) is 1. The maximum atomic E-state index is 14.7. The Hall–Kier alpha value is -7.37. The second kappa shape index (κ2) is 19.6. The summed E-state index contributed by atoms with van der Waals surface area (Å²) < 4.78 is 17.8. The van der Waals surface area contributed by atoms with Gasteiger partial charge in [0.25, 0.3) is 11.8 Å². The van der Waals surface area contributed by atoms with Crippen LogP contribution in [0.1, 0.15) is 78.4 Å². The molecule has 0 saturated heterocycles. The molecule has 11 heteroatoms. The van der Waals surface area contributed by atoms with Crippen molar-refractivity contribution in [2.75, 3.05) is 24.7 Å². The molecule has 6 aromatic carbocycles. The largest absolute Gasteiger partial charge is 0.493 e. The summed E-state index contributed by atoms with van der Waals surface area (Å²) in [4.78, 5) is 71.4. The fourth-order valence-electron chi connectivity index (χ4n) is 7.33. The first kappa shape index (κ1) is 41.8. The molecule has 0 fully saturated rings. The van der Waals surface area contributed by atoms with Gasteiger partial charge in [-0.3, -0.25) is 19.2 Å². The van der Waals surface area contributed by atoms with E-state index < -0.39 is 48.4 Å². The van der Waals surface area contributed by atoms with Crippen LogP contribution in [0.2, 0.25) is 0 Å². The molecule has 3 atom stereocenters. The number of fused-ring (bicyclic) bond motifs is 1. The van der Waals surface area contributed by atoms with Gasteiger partial charge in [-0.25, -0.2) is 4.79 Å². The van der Waals surface area contributed by atoms with Crippen molar-refractivity contribution in [2.45, 2.75) is 38.0 Å². The molecular weight excluding hydrogens is 773 g/mol. The van der Waals surface area contributed by atoms with Gasteiger partial charge >= 0.3 is 11.9 Å². The Kier molecular flexibility index (Phi) is 13.4. The van der Waals surface area contributed by atoms with E-state index in [-0.39, 0.29) is 31.2 Å². The zero-order valence-corrected chi connectivity index (χ0v) is 33.4. The van der Waals surface area contributed by atoms with Gasteiger partial charge in [-0.2, -0.15) is 0 Å². The Balaban J connectivity index is 1.32. The van der Waals surface area contributed by atoms with Crippen molar-refractivity contribution < 1.29 is 43.3 Å². The van der Waals surface area contributed by atoms with E-state index in [9.17, 15) is 29.1 Å². The third-order valence-corrected chi connectivity index (χ3v) is 10.3. The lowest BCUT2D eigenvalue weighted by atomic mass is 9.85. The fraction of sp³-hybridized carbons (Fsp3) is 0.180. The second-order valence-corrected chi connectivity index (χ2v) is 14.3. The van der Waals surface area contributed by atoms with E-state index in [0.717, 1.165) is 11.1 Å². The van der Waals surface area contributed by atoms with Crippen molar-refractivity contribution >= 4 is 35.2 Å². The molecule has 308 valence electrons. The number of rotatable bonds is 15. The number of ketones is 1. The average Bonchev–Trinajstić information content (AvgIpc) is 3.30. The number of anilines is 1. The van der Waals surface area contributed by atoms with Crippen LogP contribution in [0.5, 0.6) is 5.75 Å². The smallest absolute Gasteiger partial charge is 0.338 e. The van der Waals surface area contributed by atoms with E-state index in [0.29, 0.717) is 45.7 Å². The van der Waals surface area contributed by atoms with Gasteiger partial charge in [-0.15, -0.1) is 0 Å². The van der Waals surface area contributed by atoms with Gasteiger partial charge < -0.3 is 29.5 Å². The Labute approximate surface area is 353 Å². The summed E-state index contributed by atoms with van der Waals surface area (Å²) >= 11 is 0. The van der Waals surface area contributed by atoms with E-state index in [2.05, 4.69) is 5.32 Å². The molecule has 0 aliphatic carbocycles. The van der Waals surface area contributed by atoms with Crippen molar-refractivity contribution in [1.29, 1.82) is 0 Å². The summed E-state index contributed by atoms with van der Waals surface area (Å²) in [6, 6.07) is 42.6. The minimum absolute atomic E-state index is 0.0565. The number of hydrogen-bond donors (Lipinski definition) is 2. The highest BCUT2D eigenvalue weighted by atomic mass is 16.5. The lowest BCUT2D eigenvalue weighted by molar-refractivity contribution is -0.144. The Morgan fingerprint density at radius 3 is 1.87 bits per heavy atom. The lowest BCUT2D eigenvalue weighted by Crippen LogP contribution is -2.58. The molecule has 1 heterocycles. The first-order valence-corrected chi connectivity index (χ1v) is 20.0. The minimum Gasteiger partial charge on any atom is -0.493 e. The van der Waals surface area contributed by atoms with Crippen LogP contribution >= 0.6 is 0 Å². The number of esters is 2. The number of aliphatic hydroxyl groups excluding tert-OH is 1. The number of carbonyl (C=O) groups is 5. The molecule has 2 N–H and O–H groups in total. The highest BCUT2D eigenvalue weighted by molar-refractivity contribution is 6.10. The van der Waals surface area contributed by atoms with Crippen LogP contribution in [0.25, 0.3) is 11.1 Å². The number of hydrogen-bond acceptors (Lipinski definition) is 9. The quantitative estimate of drug-likeness (QED) is 0.0597. The lowest BCUT2D eigenvalue weighted by Gasteiger charge is -2.45. The van der Waals surface area contributed by atoms with Crippen LogP contribution < -0.4 is 15.0 Å². The van der Waals surface area contributed by atoms with Crippen molar-refractivity contribution in [1.82, 2.24) is 5.32 Å². The monoisotopic (exact) mass is 816 g/mol. The molecule has 0 aromatic heterocycles. The number of aliphatic hydroxyl groups is 1. The Morgan fingerprint density at radius 1 is 0.656 bits per heavy atom. The highest BCUT2D eigenvalue weighted by Crippen LogP contribution is 2.43. The number of nitrogens with zero attached hydrogens (tertiary/aromatic N) is 1. The van der Waals surface area contributed by atoms with E-state index in [1.165, 1.54) is 29.2 Å². The number of benzene rings is 6. The van der Waals surface area contributed by atoms with Gasteiger partial charge in [-0.05, 0) is 72.6 Å². The molecule has 11 nitrogen and oxygen atoms in total. The summed E-state index contributed by atoms with van der Waals surface area (Å²) in [6.07, 6.45) is -1.42. The Morgan fingerprint density at radius 2 is 1.23 bits per heavy atom. The SMILES string of the molecule is CCOC(=O)C[C@H]1[C@H](OC(=O)c2ccc(C(=O)c3ccccc3)cc2)[C@@H](NC(=O)c2ccc(-c3ccccc3)cc2)c2cc(OCCCO)ccc2N1C(=O)c1ccccc1. The zero-order chi connectivity index (χ0) is 42.7. The molecule has 2 amide bonds. The molecule has 0 radical (unpaired) electrons. The molecule has 1 aliphatic rings. The van der Waals surface area contributed by atoms with Gasteiger partial charge in [-0.1, -0.05) is 103 Å². The first-order chi connectivity index (χ1) is 29.7. The first-order valence-electron chi connectivity index (χ1n) is 20.0. The molecule has 0 unspecified atom stereocenters. The number of ether oxygens (including phenoxy) is 3. The molecule has 7 rings (SSSR count). The van der Waals surface area contributed by atoms with Crippen LogP contribution in [-0.4, -0.2) is 66.6 Å². The van der Waals surface area contributed by atoms with Gasteiger partial charge in [0.1, 0.15) is 11.9 Å². The second-order valence-electron chi connectivity index (χ2n) is 14.3.